The molecule has 3 heteroatoms. The summed E-state index contributed by atoms with van der Waals surface area (Å²) in [4.78, 5) is 11.6. The molecule has 22 heavy (non-hydrogen) atoms. The lowest BCUT2D eigenvalue weighted by atomic mass is 10.0. The number of hydrogen-bond donors (Lipinski definition) is 1. The molecule has 0 aromatic heterocycles. The van der Waals surface area contributed by atoms with Crippen LogP contribution < -0.4 is 0 Å². The third-order valence-electron chi connectivity index (χ3n) is 3.82. The summed E-state index contributed by atoms with van der Waals surface area (Å²) in [5.41, 5.74) is 0.989. The van der Waals surface area contributed by atoms with Gasteiger partial charge >= 0.3 is 5.97 Å². The van der Waals surface area contributed by atoms with Crippen LogP contribution in [0.25, 0.3) is 0 Å². The minimum Gasteiger partial charge on any atom is -0.461 e. The summed E-state index contributed by atoms with van der Waals surface area (Å²) in [5, 5.41) is 9.88. The summed E-state index contributed by atoms with van der Waals surface area (Å²) < 4.78 is 5.20. The minimum absolute atomic E-state index is 0.231. The Morgan fingerprint density at radius 2 is 1.73 bits per heavy atom. The zero-order valence-corrected chi connectivity index (χ0v) is 13.8. The van der Waals surface area contributed by atoms with Crippen molar-refractivity contribution in [2.24, 2.45) is 0 Å². The highest BCUT2D eigenvalue weighted by atomic mass is 16.5. The predicted octanol–water partition coefficient (Wildman–Crippen LogP) is 4.62. The predicted molar refractivity (Wildman–Crippen MR) is 89.5 cm³/mol. The van der Waals surface area contributed by atoms with Crippen molar-refractivity contribution in [2.75, 3.05) is 0 Å². The second-order valence-electron chi connectivity index (χ2n) is 5.90. The molecule has 0 fully saturated rings. The Morgan fingerprint density at radius 1 is 1.05 bits per heavy atom. The largest absolute Gasteiger partial charge is 0.461 e. The van der Waals surface area contributed by atoms with Gasteiger partial charge in [0.1, 0.15) is 6.61 Å². The molecular weight excluding hydrogens is 276 g/mol. The lowest BCUT2D eigenvalue weighted by Crippen LogP contribution is -2.11. The van der Waals surface area contributed by atoms with Crippen LogP contribution in [0.15, 0.2) is 30.3 Å². The van der Waals surface area contributed by atoms with E-state index in [4.69, 9.17) is 4.74 Å². The van der Waals surface area contributed by atoms with Gasteiger partial charge in [-0.3, -0.25) is 4.79 Å². The molecule has 3 nitrogen and oxygen atoms in total. The van der Waals surface area contributed by atoms with Gasteiger partial charge < -0.3 is 9.84 Å². The second kappa shape index (κ2) is 12.2. The van der Waals surface area contributed by atoms with Gasteiger partial charge in [0.25, 0.3) is 0 Å². The average Bonchev–Trinajstić information content (AvgIpc) is 2.55. The van der Waals surface area contributed by atoms with Gasteiger partial charge in [-0.15, -0.1) is 0 Å². The summed E-state index contributed by atoms with van der Waals surface area (Å²) in [5.74, 6) is -0.231. The number of ether oxygens (including phenoxy) is 1. The molecule has 124 valence electrons. The molecule has 0 amide bonds. The third-order valence-corrected chi connectivity index (χ3v) is 3.82. The van der Waals surface area contributed by atoms with Gasteiger partial charge in [-0.05, 0) is 18.4 Å². The van der Waals surface area contributed by atoms with Crippen molar-refractivity contribution in [3.05, 3.63) is 35.9 Å². The van der Waals surface area contributed by atoms with Crippen molar-refractivity contribution in [3.8, 4) is 0 Å². The molecule has 1 aromatic rings. The number of benzene rings is 1. The fourth-order valence-electron chi connectivity index (χ4n) is 2.40. The summed E-state index contributed by atoms with van der Waals surface area (Å²) in [6.07, 6.45) is 8.53. The highest BCUT2D eigenvalue weighted by Crippen LogP contribution is 2.12. The van der Waals surface area contributed by atoms with Crippen molar-refractivity contribution >= 4 is 5.97 Å². The maximum atomic E-state index is 11.6. The van der Waals surface area contributed by atoms with Gasteiger partial charge in [-0.25, -0.2) is 0 Å². The van der Waals surface area contributed by atoms with E-state index in [1.165, 1.54) is 32.1 Å². The van der Waals surface area contributed by atoms with Gasteiger partial charge in [0, 0.05) is 6.42 Å². The Labute approximate surface area is 134 Å². The lowest BCUT2D eigenvalue weighted by Gasteiger charge is -2.10. The highest BCUT2D eigenvalue weighted by Gasteiger charge is 2.09. The number of carbonyl (C=O) groups excluding carboxylic acids is 1. The van der Waals surface area contributed by atoms with Gasteiger partial charge in [0.2, 0.25) is 0 Å². The Balaban J connectivity index is 2.01. The van der Waals surface area contributed by atoms with Crippen LogP contribution in [0.5, 0.6) is 0 Å². The molecule has 0 aliphatic rings. The first kappa shape index (κ1) is 18.7. The second-order valence-corrected chi connectivity index (χ2v) is 5.90. The van der Waals surface area contributed by atoms with Crippen LogP contribution in [0.1, 0.15) is 70.3 Å². The van der Waals surface area contributed by atoms with E-state index in [0.717, 1.165) is 18.4 Å². The van der Waals surface area contributed by atoms with E-state index in [1.54, 1.807) is 0 Å². The van der Waals surface area contributed by atoms with Crippen molar-refractivity contribution in [3.63, 3.8) is 0 Å². The van der Waals surface area contributed by atoms with E-state index in [9.17, 15) is 9.90 Å². The average molecular weight is 306 g/mol. The minimum atomic E-state index is -0.379. The van der Waals surface area contributed by atoms with Crippen molar-refractivity contribution in [2.45, 2.75) is 77.4 Å². The number of esters is 1. The standard InChI is InChI=1S/C19H30O3/c1-2-3-4-5-6-10-13-18(20)14-15-19(21)22-16-17-11-8-7-9-12-17/h7-9,11-12,18,20H,2-6,10,13-16H2,1H3/t18-/m1/s1. The topological polar surface area (TPSA) is 46.5 Å². The molecule has 0 saturated heterocycles. The van der Waals surface area contributed by atoms with Gasteiger partial charge in [0.05, 0.1) is 6.10 Å². The summed E-state index contributed by atoms with van der Waals surface area (Å²) >= 11 is 0. The summed E-state index contributed by atoms with van der Waals surface area (Å²) in [6, 6.07) is 9.64. The summed E-state index contributed by atoms with van der Waals surface area (Å²) in [7, 11) is 0. The smallest absolute Gasteiger partial charge is 0.306 e. The van der Waals surface area contributed by atoms with E-state index in [2.05, 4.69) is 6.92 Å². The molecule has 1 N–H and O–H groups in total. The zero-order valence-electron chi connectivity index (χ0n) is 13.8. The lowest BCUT2D eigenvalue weighted by molar-refractivity contribution is -0.145. The van der Waals surface area contributed by atoms with Crippen LogP contribution in [0, 0.1) is 0 Å². The van der Waals surface area contributed by atoms with Crippen LogP contribution in [0.3, 0.4) is 0 Å². The maximum absolute atomic E-state index is 11.6. The number of unbranched alkanes of at least 4 members (excludes halogenated alkanes) is 5. The maximum Gasteiger partial charge on any atom is 0.306 e. The Hall–Kier alpha value is -1.35. The number of carbonyl (C=O) groups is 1. The monoisotopic (exact) mass is 306 g/mol. The molecule has 0 saturated carbocycles. The molecular formula is C19H30O3. The fraction of sp³-hybridized carbons (Fsp3) is 0.632. The molecule has 0 spiro atoms. The molecule has 0 aliphatic heterocycles. The van der Waals surface area contributed by atoms with Gasteiger partial charge in [0.15, 0.2) is 0 Å². The van der Waals surface area contributed by atoms with Gasteiger partial charge in [-0.1, -0.05) is 75.8 Å². The van der Waals surface area contributed by atoms with Gasteiger partial charge in [-0.2, -0.15) is 0 Å². The molecule has 0 bridgehead atoms. The highest BCUT2D eigenvalue weighted by molar-refractivity contribution is 5.69. The quantitative estimate of drug-likeness (QED) is 0.452. The van der Waals surface area contributed by atoms with Crippen molar-refractivity contribution < 1.29 is 14.6 Å². The first-order valence-corrected chi connectivity index (χ1v) is 8.60. The SMILES string of the molecule is CCCCCCCC[C@@H](O)CCC(=O)OCc1ccccc1. The Bertz CT molecular complexity index is 389. The molecule has 1 aromatic carbocycles. The van der Waals surface area contributed by atoms with E-state index in [0.29, 0.717) is 19.4 Å². The zero-order chi connectivity index (χ0) is 16.0. The van der Waals surface area contributed by atoms with Crippen LogP contribution in [0.4, 0.5) is 0 Å². The first-order chi connectivity index (χ1) is 10.7. The number of aliphatic hydroxyl groups excluding tert-OH is 1. The molecule has 1 atom stereocenters. The Kier molecular flexibility index (Phi) is 10.4. The van der Waals surface area contributed by atoms with Crippen molar-refractivity contribution in [1.29, 1.82) is 0 Å². The molecule has 0 heterocycles. The van der Waals surface area contributed by atoms with E-state index >= 15 is 0 Å². The van der Waals surface area contributed by atoms with Crippen LogP contribution in [-0.2, 0) is 16.1 Å². The molecule has 0 aliphatic carbocycles. The summed E-state index contributed by atoms with van der Waals surface area (Å²) in [6.45, 7) is 2.52. The third kappa shape index (κ3) is 9.56. The molecule has 0 radical (unpaired) electrons. The molecule has 0 unspecified atom stereocenters. The fourth-order valence-corrected chi connectivity index (χ4v) is 2.40. The Morgan fingerprint density at radius 3 is 2.45 bits per heavy atom. The van der Waals surface area contributed by atoms with Crippen LogP contribution >= 0.6 is 0 Å². The van der Waals surface area contributed by atoms with E-state index < -0.39 is 0 Å². The van der Waals surface area contributed by atoms with E-state index in [-0.39, 0.29) is 12.1 Å². The van der Waals surface area contributed by atoms with Crippen molar-refractivity contribution in [1.82, 2.24) is 0 Å². The number of aliphatic hydroxyl groups is 1. The first-order valence-electron chi connectivity index (χ1n) is 8.60. The van der Waals surface area contributed by atoms with Crippen LogP contribution in [-0.4, -0.2) is 17.2 Å². The number of hydrogen-bond acceptors (Lipinski definition) is 3. The van der Waals surface area contributed by atoms with Crippen LogP contribution in [0.2, 0.25) is 0 Å². The van der Waals surface area contributed by atoms with E-state index in [1.807, 2.05) is 30.3 Å². The molecule has 1 rings (SSSR count). The number of rotatable bonds is 12. The normalized spacial score (nSPS) is 12.1.